The van der Waals surface area contributed by atoms with E-state index in [0.29, 0.717) is 17.2 Å². The number of methoxy groups -OCH3 is 2. The fraction of sp³-hybridized carbons (Fsp3) is 0.263. The lowest BCUT2D eigenvalue weighted by atomic mass is 9.81. The van der Waals surface area contributed by atoms with E-state index < -0.39 is 23.8 Å². The van der Waals surface area contributed by atoms with Gasteiger partial charge in [0.2, 0.25) is 6.79 Å². The van der Waals surface area contributed by atoms with Gasteiger partial charge in [-0.1, -0.05) is 12.1 Å². The number of benzene rings is 2. The third kappa shape index (κ3) is 3.46. The number of fused-ring (bicyclic) bond motifs is 1. The van der Waals surface area contributed by atoms with Gasteiger partial charge in [0.25, 0.3) is 0 Å². The molecule has 1 aliphatic heterocycles. The van der Waals surface area contributed by atoms with Crippen LogP contribution in [-0.4, -0.2) is 43.2 Å². The van der Waals surface area contributed by atoms with Gasteiger partial charge in [-0.25, -0.2) is 0 Å². The van der Waals surface area contributed by atoms with Crippen molar-refractivity contribution in [1.29, 1.82) is 0 Å². The van der Waals surface area contributed by atoms with Crippen LogP contribution in [0.1, 0.15) is 23.0 Å². The molecule has 8 heteroatoms. The lowest BCUT2D eigenvalue weighted by molar-refractivity contribution is -0.147. The molecule has 0 saturated carbocycles. The van der Waals surface area contributed by atoms with Crippen molar-refractivity contribution < 1.29 is 38.7 Å². The summed E-state index contributed by atoms with van der Waals surface area (Å²) >= 11 is 0. The molecule has 2 N–H and O–H groups in total. The molecule has 0 amide bonds. The third-order valence-electron chi connectivity index (χ3n) is 4.40. The van der Waals surface area contributed by atoms with Gasteiger partial charge >= 0.3 is 11.9 Å². The Morgan fingerprint density at radius 2 is 1.63 bits per heavy atom. The van der Waals surface area contributed by atoms with Crippen molar-refractivity contribution in [1.82, 2.24) is 0 Å². The van der Waals surface area contributed by atoms with Crippen molar-refractivity contribution in [3.8, 4) is 23.0 Å². The van der Waals surface area contributed by atoms with Crippen LogP contribution in [0, 0.1) is 0 Å². The van der Waals surface area contributed by atoms with Crippen LogP contribution >= 0.6 is 0 Å². The Morgan fingerprint density at radius 1 is 0.926 bits per heavy atom. The van der Waals surface area contributed by atoms with E-state index in [1.807, 2.05) is 0 Å². The van der Waals surface area contributed by atoms with Gasteiger partial charge in [-0.3, -0.25) is 9.59 Å². The monoisotopic (exact) mass is 374 g/mol. The van der Waals surface area contributed by atoms with Gasteiger partial charge in [0.1, 0.15) is 17.4 Å². The van der Waals surface area contributed by atoms with Gasteiger partial charge in [0.15, 0.2) is 11.5 Å². The molecule has 0 radical (unpaired) electrons. The highest BCUT2D eigenvalue weighted by Gasteiger charge is 2.39. The first-order valence-electron chi connectivity index (χ1n) is 8.03. The Morgan fingerprint density at radius 3 is 2.26 bits per heavy atom. The minimum Gasteiger partial charge on any atom is -0.497 e. The summed E-state index contributed by atoms with van der Waals surface area (Å²) in [7, 11) is 2.85. The van der Waals surface area contributed by atoms with Gasteiger partial charge in [0.05, 0.1) is 20.1 Å². The van der Waals surface area contributed by atoms with Crippen molar-refractivity contribution in [3.05, 3.63) is 47.5 Å². The van der Waals surface area contributed by atoms with E-state index in [1.165, 1.54) is 38.5 Å². The van der Waals surface area contributed by atoms with Crippen molar-refractivity contribution >= 4 is 11.9 Å². The SMILES string of the molecule is COc1ccc(C(C(=O)O)C(C(=O)O)c2ccc3c(c2)OCO3)c(OC)c1. The minimum atomic E-state index is -1.39. The summed E-state index contributed by atoms with van der Waals surface area (Å²) in [6, 6.07) is 9.17. The maximum Gasteiger partial charge on any atom is 0.312 e. The summed E-state index contributed by atoms with van der Waals surface area (Å²) < 4.78 is 20.9. The molecule has 2 aromatic rings. The normalized spacial score (nSPS) is 14.3. The first-order chi connectivity index (χ1) is 13.0. The molecule has 8 nitrogen and oxygen atoms in total. The number of carboxylic acid groups (broad SMARTS) is 2. The maximum atomic E-state index is 12.1. The number of rotatable bonds is 7. The van der Waals surface area contributed by atoms with Crippen LogP contribution in [0.2, 0.25) is 0 Å². The molecule has 0 spiro atoms. The van der Waals surface area contributed by atoms with Gasteiger partial charge in [0, 0.05) is 11.6 Å². The van der Waals surface area contributed by atoms with Gasteiger partial charge in [-0.15, -0.1) is 0 Å². The lowest BCUT2D eigenvalue weighted by Gasteiger charge is -2.23. The summed E-state index contributed by atoms with van der Waals surface area (Å²) in [6.07, 6.45) is 0. The van der Waals surface area contributed by atoms with Crippen LogP contribution < -0.4 is 18.9 Å². The summed E-state index contributed by atoms with van der Waals surface area (Å²) in [4.78, 5) is 24.1. The zero-order valence-electron chi connectivity index (χ0n) is 14.7. The van der Waals surface area contributed by atoms with Crippen molar-refractivity contribution in [2.45, 2.75) is 11.8 Å². The lowest BCUT2D eigenvalue weighted by Crippen LogP contribution is -2.26. The number of carboxylic acids is 2. The Labute approximate surface area is 154 Å². The van der Waals surface area contributed by atoms with E-state index in [0.717, 1.165) is 0 Å². The molecule has 1 heterocycles. The Balaban J connectivity index is 2.11. The highest BCUT2D eigenvalue weighted by Crippen LogP contribution is 2.42. The summed E-state index contributed by atoms with van der Waals surface area (Å²) in [5.74, 6) is -3.75. The van der Waals surface area contributed by atoms with Gasteiger partial charge in [-0.05, 0) is 23.8 Å². The zero-order valence-corrected chi connectivity index (χ0v) is 14.7. The average Bonchev–Trinajstić information content (AvgIpc) is 3.12. The van der Waals surface area contributed by atoms with E-state index >= 15 is 0 Å². The Kier molecular flexibility index (Phi) is 5.07. The molecular weight excluding hydrogens is 356 g/mol. The molecule has 3 rings (SSSR count). The fourth-order valence-electron chi connectivity index (χ4n) is 3.11. The van der Waals surface area contributed by atoms with E-state index in [4.69, 9.17) is 18.9 Å². The second-order valence-corrected chi connectivity index (χ2v) is 5.85. The predicted molar refractivity (Wildman–Crippen MR) is 92.9 cm³/mol. The van der Waals surface area contributed by atoms with Crippen LogP contribution in [0.5, 0.6) is 23.0 Å². The molecule has 0 aromatic heterocycles. The topological polar surface area (TPSA) is 112 Å². The van der Waals surface area contributed by atoms with Crippen molar-refractivity contribution in [2.75, 3.05) is 21.0 Å². The van der Waals surface area contributed by atoms with E-state index in [-0.39, 0.29) is 23.7 Å². The molecule has 142 valence electrons. The summed E-state index contributed by atoms with van der Waals surface area (Å²) in [5, 5.41) is 19.7. The number of aliphatic carboxylic acids is 2. The molecule has 0 aliphatic carbocycles. The average molecular weight is 374 g/mol. The Bertz CT molecular complexity index is 876. The van der Waals surface area contributed by atoms with E-state index in [1.54, 1.807) is 12.1 Å². The van der Waals surface area contributed by atoms with Crippen LogP contribution in [0.4, 0.5) is 0 Å². The van der Waals surface area contributed by atoms with Crippen LogP contribution in [0.3, 0.4) is 0 Å². The highest BCUT2D eigenvalue weighted by atomic mass is 16.7. The quantitative estimate of drug-likeness (QED) is 0.760. The fourth-order valence-corrected chi connectivity index (χ4v) is 3.11. The van der Waals surface area contributed by atoms with Gasteiger partial charge in [-0.2, -0.15) is 0 Å². The molecule has 2 aromatic carbocycles. The number of carbonyl (C=O) groups is 2. The molecule has 2 atom stereocenters. The maximum absolute atomic E-state index is 12.1. The molecular formula is C19H18O8. The van der Waals surface area contributed by atoms with Crippen molar-refractivity contribution in [2.24, 2.45) is 0 Å². The Hall–Kier alpha value is -3.42. The smallest absolute Gasteiger partial charge is 0.312 e. The van der Waals surface area contributed by atoms with Crippen LogP contribution in [0.15, 0.2) is 36.4 Å². The predicted octanol–water partition coefficient (Wildman–Crippen LogP) is 2.47. The molecule has 2 unspecified atom stereocenters. The summed E-state index contributed by atoms with van der Waals surface area (Å²) in [6.45, 7) is 0.0329. The first kappa shape index (κ1) is 18.4. The molecule has 0 saturated heterocycles. The number of hydrogen-bond donors (Lipinski definition) is 2. The van der Waals surface area contributed by atoms with E-state index in [9.17, 15) is 19.8 Å². The standard InChI is InChI=1S/C19H18O8/c1-24-11-4-5-12(14(8-11)25-2)17(19(22)23)16(18(20)21)10-3-6-13-15(7-10)27-9-26-13/h3-8,16-17H,9H2,1-2H3,(H,20,21)(H,22,23). The minimum absolute atomic E-state index is 0.0329. The van der Waals surface area contributed by atoms with Crippen molar-refractivity contribution in [3.63, 3.8) is 0 Å². The third-order valence-corrected chi connectivity index (χ3v) is 4.40. The second kappa shape index (κ2) is 7.45. The molecule has 0 fully saturated rings. The largest absolute Gasteiger partial charge is 0.497 e. The molecule has 27 heavy (non-hydrogen) atoms. The van der Waals surface area contributed by atoms with Crippen LogP contribution in [0.25, 0.3) is 0 Å². The summed E-state index contributed by atoms with van der Waals surface area (Å²) in [5.41, 5.74) is 0.521. The molecule has 1 aliphatic rings. The number of ether oxygens (including phenoxy) is 4. The highest BCUT2D eigenvalue weighted by molar-refractivity contribution is 5.89. The van der Waals surface area contributed by atoms with E-state index in [2.05, 4.69) is 0 Å². The van der Waals surface area contributed by atoms with Gasteiger partial charge < -0.3 is 29.2 Å². The number of hydrogen-bond acceptors (Lipinski definition) is 6. The second-order valence-electron chi connectivity index (χ2n) is 5.85. The molecule has 0 bridgehead atoms. The first-order valence-corrected chi connectivity index (χ1v) is 8.03. The zero-order chi connectivity index (χ0) is 19.6. The van der Waals surface area contributed by atoms with Crippen LogP contribution in [-0.2, 0) is 9.59 Å².